The molecule has 0 aliphatic rings. The van der Waals surface area contributed by atoms with Gasteiger partial charge in [-0.1, -0.05) is 12.1 Å². The van der Waals surface area contributed by atoms with Crippen LogP contribution in [0.4, 0.5) is 4.39 Å². The first-order chi connectivity index (χ1) is 8.20. The lowest BCUT2D eigenvalue weighted by atomic mass is 10.2. The molecule has 0 spiro atoms. The number of rotatable bonds is 3. The molecule has 0 saturated heterocycles. The van der Waals surface area contributed by atoms with Crippen molar-refractivity contribution in [1.82, 2.24) is 0 Å². The number of aryl methyl sites for hydroxylation is 1. The summed E-state index contributed by atoms with van der Waals surface area (Å²) in [6.45, 7) is 1.68. The van der Waals surface area contributed by atoms with Gasteiger partial charge in [-0.2, -0.15) is 0 Å². The second kappa shape index (κ2) is 4.78. The average Bonchev–Trinajstić information content (AvgIpc) is 2.36. The summed E-state index contributed by atoms with van der Waals surface area (Å²) in [5.41, 5.74) is 1.09. The summed E-state index contributed by atoms with van der Waals surface area (Å²) in [5, 5.41) is 0. The maximum absolute atomic E-state index is 13.7. The van der Waals surface area contributed by atoms with Crippen molar-refractivity contribution in [2.75, 3.05) is 0 Å². The molecule has 0 N–H and O–H groups in total. The third-order valence-electron chi connectivity index (χ3n) is 2.40. The van der Waals surface area contributed by atoms with Crippen molar-refractivity contribution >= 4 is 6.29 Å². The van der Waals surface area contributed by atoms with Gasteiger partial charge in [-0.05, 0) is 42.8 Å². The van der Waals surface area contributed by atoms with Crippen molar-refractivity contribution in [3.8, 4) is 11.5 Å². The quantitative estimate of drug-likeness (QED) is 0.751. The lowest BCUT2D eigenvalue weighted by Crippen LogP contribution is -1.91. The molecule has 2 aromatic carbocycles. The maximum atomic E-state index is 13.7. The molecule has 0 unspecified atom stereocenters. The molecular formula is C14H11FO2. The van der Waals surface area contributed by atoms with E-state index in [-0.39, 0.29) is 11.6 Å². The first-order valence-electron chi connectivity index (χ1n) is 5.19. The highest BCUT2D eigenvalue weighted by molar-refractivity contribution is 5.74. The molecule has 0 aliphatic carbocycles. The Balaban J connectivity index is 2.25. The number of carbonyl (C=O) groups is 1. The van der Waals surface area contributed by atoms with E-state index in [0.29, 0.717) is 16.9 Å². The van der Waals surface area contributed by atoms with Crippen LogP contribution in [-0.4, -0.2) is 6.29 Å². The fraction of sp³-hybridized carbons (Fsp3) is 0.0714. The number of hydrogen-bond acceptors (Lipinski definition) is 2. The van der Waals surface area contributed by atoms with Crippen molar-refractivity contribution in [3.05, 3.63) is 59.4 Å². The minimum absolute atomic E-state index is 0.184. The van der Waals surface area contributed by atoms with Gasteiger partial charge in [0.15, 0.2) is 11.6 Å². The van der Waals surface area contributed by atoms with Crippen LogP contribution in [0.25, 0.3) is 0 Å². The van der Waals surface area contributed by atoms with Gasteiger partial charge in [-0.25, -0.2) is 4.39 Å². The minimum Gasteiger partial charge on any atom is -0.454 e. The Morgan fingerprint density at radius 2 is 1.82 bits per heavy atom. The molecule has 0 radical (unpaired) electrons. The number of hydrogen-bond donors (Lipinski definition) is 0. The molecule has 2 aromatic rings. The van der Waals surface area contributed by atoms with E-state index in [9.17, 15) is 9.18 Å². The fourth-order valence-corrected chi connectivity index (χ4v) is 1.44. The van der Waals surface area contributed by atoms with Gasteiger partial charge in [0.2, 0.25) is 0 Å². The van der Waals surface area contributed by atoms with Crippen LogP contribution in [0.3, 0.4) is 0 Å². The standard InChI is InChI=1S/C14H11FO2/c1-10-3-2-4-13(14(10)15)17-12-7-5-11(9-16)6-8-12/h2-9H,1H3. The topological polar surface area (TPSA) is 26.3 Å². The molecule has 0 bridgehead atoms. The second-order valence-electron chi connectivity index (χ2n) is 3.68. The van der Waals surface area contributed by atoms with Gasteiger partial charge in [0, 0.05) is 5.56 Å². The number of benzene rings is 2. The Morgan fingerprint density at radius 1 is 1.12 bits per heavy atom. The highest BCUT2D eigenvalue weighted by Gasteiger charge is 2.06. The first-order valence-corrected chi connectivity index (χ1v) is 5.19. The van der Waals surface area contributed by atoms with Crippen LogP contribution >= 0.6 is 0 Å². The van der Waals surface area contributed by atoms with Gasteiger partial charge in [-0.3, -0.25) is 4.79 Å². The molecule has 0 aromatic heterocycles. The van der Waals surface area contributed by atoms with Crippen LogP contribution < -0.4 is 4.74 Å². The highest BCUT2D eigenvalue weighted by atomic mass is 19.1. The zero-order valence-corrected chi connectivity index (χ0v) is 9.31. The first kappa shape index (κ1) is 11.3. The number of ether oxygens (including phenoxy) is 1. The second-order valence-corrected chi connectivity index (χ2v) is 3.68. The molecule has 0 saturated carbocycles. The molecular weight excluding hydrogens is 219 g/mol. The Bertz CT molecular complexity index is 532. The van der Waals surface area contributed by atoms with Gasteiger partial charge in [0.05, 0.1) is 0 Å². The Labute approximate surface area is 98.7 Å². The summed E-state index contributed by atoms with van der Waals surface area (Å²) in [5.74, 6) is 0.316. The highest BCUT2D eigenvalue weighted by Crippen LogP contribution is 2.25. The van der Waals surface area contributed by atoms with Gasteiger partial charge in [0.1, 0.15) is 12.0 Å². The molecule has 0 amide bonds. The number of halogens is 1. The largest absolute Gasteiger partial charge is 0.454 e. The zero-order valence-electron chi connectivity index (χ0n) is 9.31. The minimum atomic E-state index is -0.369. The predicted octanol–water partition coefficient (Wildman–Crippen LogP) is 3.74. The van der Waals surface area contributed by atoms with E-state index in [1.807, 2.05) is 0 Å². The molecule has 0 aliphatic heterocycles. The van der Waals surface area contributed by atoms with Crippen molar-refractivity contribution in [1.29, 1.82) is 0 Å². The Hall–Kier alpha value is -2.16. The molecule has 2 nitrogen and oxygen atoms in total. The predicted molar refractivity (Wildman–Crippen MR) is 63.0 cm³/mol. The Morgan fingerprint density at radius 3 is 2.47 bits per heavy atom. The van der Waals surface area contributed by atoms with E-state index in [2.05, 4.69) is 0 Å². The molecule has 0 fully saturated rings. The van der Waals surface area contributed by atoms with Crippen LogP contribution in [0, 0.1) is 12.7 Å². The van der Waals surface area contributed by atoms with E-state index in [0.717, 1.165) is 6.29 Å². The molecule has 3 heteroatoms. The maximum Gasteiger partial charge on any atom is 0.168 e. The van der Waals surface area contributed by atoms with Crippen LogP contribution in [0.2, 0.25) is 0 Å². The SMILES string of the molecule is Cc1cccc(Oc2ccc(C=O)cc2)c1F. The molecule has 0 atom stereocenters. The monoisotopic (exact) mass is 230 g/mol. The van der Waals surface area contributed by atoms with E-state index >= 15 is 0 Å². The fourth-order valence-electron chi connectivity index (χ4n) is 1.44. The summed E-state index contributed by atoms with van der Waals surface area (Å²) >= 11 is 0. The summed E-state index contributed by atoms with van der Waals surface area (Å²) in [7, 11) is 0. The summed E-state index contributed by atoms with van der Waals surface area (Å²) < 4.78 is 19.1. The van der Waals surface area contributed by atoms with E-state index in [1.165, 1.54) is 0 Å². The summed E-state index contributed by atoms with van der Waals surface area (Å²) in [4.78, 5) is 10.5. The third kappa shape index (κ3) is 2.50. The van der Waals surface area contributed by atoms with Crippen molar-refractivity contribution in [2.24, 2.45) is 0 Å². The van der Waals surface area contributed by atoms with Crippen LogP contribution in [0.1, 0.15) is 15.9 Å². The average molecular weight is 230 g/mol. The lowest BCUT2D eigenvalue weighted by Gasteiger charge is -2.07. The van der Waals surface area contributed by atoms with E-state index in [1.54, 1.807) is 49.4 Å². The molecule has 86 valence electrons. The number of aldehydes is 1. The van der Waals surface area contributed by atoms with E-state index in [4.69, 9.17) is 4.74 Å². The third-order valence-corrected chi connectivity index (χ3v) is 2.40. The normalized spacial score (nSPS) is 10.0. The smallest absolute Gasteiger partial charge is 0.168 e. The molecule has 0 heterocycles. The Kier molecular flexibility index (Phi) is 3.19. The zero-order chi connectivity index (χ0) is 12.3. The van der Waals surface area contributed by atoms with Crippen molar-refractivity contribution in [2.45, 2.75) is 6.92 Å². The van der Waals surface area contributed by atoms with Gasteiger partial charge in [-0.15, -0.1) is 0 Å². The number of carbonyl (C=O) groups excluding carboxylic acids is 1. The van der Waals surface area contributed by atoms with Crippen LogP contribution in [0.15, 0.2) is 42.5 Å². The summed E-state index contributed by atoms with van der Waals surface area (Å²) in [6, 6.07) is 11.5. The van der Waals surface area contributed by atoms with Gasteiger partial charge < -0.3 is 4.74 Å². The van der Waals surface area contributed by atoms with Gasteiger partial charge >= 0.3 is 0 Å². The van der Waals surface area contributed by atoms with Crippen LogP contribution in [0.5, 0.6) is 11.5 Å². The van der Waals surface area contributed by atoms with Crippen molar-refractivity contribution in [3.63, 3.8) is 0 Å². The van der Waals surface area contributed by atoms with E-state index < -0.39 is 0 Å². The summed E-state index contributed by atoms with van der Waals surface area (Å²) in [6.07, 6.45) is 0.747. The molecule has 17 heavy (non-hydrogen) atoms. The van der Waals surface area contributed by atoms with Gasteiger partial charge in [0.25, 0.3) is 0 Å². The lowest BCUT2D eigenvalue weighted by molar-refractivity contribution is 0.112. The van der Waals surface area contributed by atoms with Crippen molar-refractivity contribution < 1.29 is 13.9 Å². The van der Waals surface area contributed by atoms with Crippen LogP contribution in [-0.2, 0) is 0 Å². The molecule has 2 rings (SSSR count).